The van der Waals surface area contributed by atoms with E-state index in [0.29, 0.717) is 26.3 Å². The van der Waals surface area contributed by atoms with Crippen molar-refractivity contribution in [3.8, 4) is 11.4 Å². The van der Waals surface area contributed by atoms with E-state index in [0.717, 1.165) is 40.3 Å². The monoisotopic (exact) mass is 385 g/mol. The number of ether oxygens (including phenoxy) is 1. The smallest absolute Gasteiger partial charge is 0.253 e. The van der Waals surface area contributed by atoms with Crippen LogP contribution in [0.3, 0.4) is 0 Å². The largest absolute Gasteiger partial charge is 0.376 e. The van der Waals surface area contributed by atoms with Gasteiger partial charge in [-0.1, -0.05) is 48.5 Å². The molecule has 5 heteroatoms. The van der Waals surface area contributed by atoms with Crippen molar-refractivity contribution < 1.29 is 9.53 Å². The van der Waals surface area contributed by atoms with Gasteiger partial charge in [0.15, 0.2) is 5.82 Å². The number of aryl methyl sites for hydroxylation is 1. The molecule has 0 bridgehead atoms. The quantitative estimate of drug-likeness (QED) is 0.674. The lowest BCUT2D eigenvalue weighted by Crippen LogP contribution is -2.42. The Hall–Kier alpha value is -3.05. The molecule has 2 aromatic carbocycles. The van der Waals surface area contributed by atoms with Gasteiger partial charge in [0, 0.05) is 35.5 Å². The Morgan fingerprint density at radius 2 is 1.76 bits per heavy atom. The van der Waals surface area contributed by atoms with E-state index in [4.69, 9.17) is 14.7 Å². The van der Waals surface area contributed by atoms with Gasteiger partial charge in [-0.2, -0.15) is 0 Å². The van der Waals surface area contributed by atoms with Gasteiger partial charge in [0.05, 0.1) is 24.3 Å². The maximum absolute atomic E-state index is 13.0. The number of carbonyl (C=O) groups excluding carboxylic acids is 1. The van der Waals surface area contributed by atoms with Gasteiger partial charge in [0.2, 0.25) is 0 Å². The van der Waals surface area contributed by atoms with E-state index in [1.807, 2.05) is 72.5 Å². The number of rotatable bonds is 2. The zero-order valence-corrected chi connectivity index (χ0v) is 16.5. The zero-order chi connectivity index (χ0) is 19.8. The molecule has 0 unspecified atom stereocenters. The standard InChI is InChI=1S/C24H23N3O2/c1-17-20-14-29-16-24(21(20)26-22(25-17)18-8-4-2-5-9-18)12-13-27(15-24)23(28)19-10-6-3-7-11-19/h2-11H,12-16H2,1H3/t24-/m0/s1. The summed E-state index contributed by atoms with van der Waals surface area (Å²) in [6, 6.07) is 19.6. The third kappa shape index (κ3) is 3.12. The molecule has 1 amide bonds. The molecule has 0 N–H and O–H groups in total. The number of carbonyl (C=O) groups is 1. The molecule has 0 aliphatic carbocycles. The Balaban J connectivity index is 1.52. The fraction of sp³-hybridized carbons (Fsp3) is 0.292. The van der Waals surface area contributed by atoms with Gasteiger partial charge < -0.3 is 9.64 Å². The van der Waals surface area contributed by atoms with Crippen LogP contribution in [0.15, 0.2) is 60.7 Å². The molecule has 2 aliphatic rings. The number of nitrogens with zero attached hydrogens (tertiary/aromatic N) is 3. The topological polar surface area (TPSA) is 55.3 Å². The van der Waals surface area contributed by atoms with Crippen molar-refractivity contribution in [2.45, 2.75) is 25.4 Å². The van der Waals surface area contributed by atoms with Crippen molar-refractivity contribution in [2.24, 2.45) is 0 Å². The van der Waals surface area contributed by atoms with E-state index in [2.05, 4.69) is 0 Å². The van der Waals surface area contributed by atoms with Crippen molar-refractivity contribution in [3.05, 3.63) is 83.2 Å². The molecule has 0 saturated carbocycles. The van der Waals surface area contributed by atoms with Crippen LogP contribution in [-0.4, -0.2) is 40.5 Å². The van der Waals surface area contributed by atoms with Crippen molar-refractivity contribution in [3.63, 3.8) is 0 Å². The highest BCUT2D eigenvalue weighted by atomic mass is 16.5. The summed E-state index contributed by atoms with van der Waals surface area (Å²) >= 11 is 0. The summed E-state index contributed by atoms with van der Waals surface area (Å²) in [5.74, 6) is 0.819. The summed E-state index contributed by atoms with van der Waals surface area (Å²) in [7, 11) is 0. The van der Waals surface area contributed by atoms with Crippen LogP contribution >= 0.6 is 0 Å². The molecular weight excluding hydrogens is 362 g/mol. The fourth-order valence-electron chi connectivity index (χ4n) is 4.46. The summed E-state index contributed by atoms with van der Waals surface area (Å²) in [5, 5.41) is 0. The number of hydrogen-bond acceptors (Lipinski definition) is 4. The maximum atomic E-state index is 13.0. The van der Waals surface area contributed by atoms with Crippen LogP contribution in [0.4, 0.5) is 0 Å². The first-order valence-corrected chi connectivity index (χ1v) is 10.0. The van der Waals surface area contributed by atoms with Crippen molar-refractivity contribution in [1.82, 2.24) is 14.9 Å². The molecule has 146 valence electrons. The SMILES string of the molecule is Cc1nc(-c2ccccc2)nc2c1COC[C@@]21CCN(C(=O)c2ccccc2)C1. The molecule has 5 nitrogen and oxygen atoms in total. The van der Waals surface area contributed by atoms with Crippen LogP contribution in [0.2, 0.25) is 0 Å². The van der Waals surface area contributed by atoms with E-state index in [-0.39, 0.29) is 11.3 Å². The third-order valence-electron chi connectivity index (χ3n) is 6.03. The lowest BCUT2D eigenvalue weighted by Gasteiger charge is -2.35. The molecule has 3 aromatic rings. The van der Waals surface area contributed by atoms with E-state index in [1.165, 1.54) is 0 Å². The van der Waals surface area contributed by atoms with Gasteiger partial charge in [0.25, 0.3) is 5.91 Å². The minimum Gasteiger partial charge on any atom is -0.376 e. The van der Waals surface area contributed by atoms with Crippen molar-refractivity contribution >= 4 is 5.91 Å². The van der Waals surface area contributed by atoms with Gasteiger partial charge in [-0.25, -0.2) is 9.97 Å². The zero-order valence-electron chi connectivity index (χ0n) is 16.5. The van der Waals surface area contributed by atoms with Crippen LogP contribution in [0.25, 0.3) is 11.4 Å². The maximum Gasteiger partial charge on any atom is 0.253 e. The molecule has 2 aliphatic heterocycles. The molecule has 29 heavy (non-hydrogen) atoms. The first-order valence-electron chi connectivity index (χ1n) is 10.0. The molecular formula is C24H23N3O2. The molecule has 0 radical (unpaired) electrons. The molecule has 1 fully saturated rings. The summed E-state index contributed by atoms with van der Waals surface area (Å²) in [4.78, 5) is 24.7. The summed E-state index contributed by atoms with van der Waals surface area (Å²) in [6.07, 6.45) is 0.850. The van der Waals surface area contributed by atoms with Gasteiger partial charge in [-0.05, 0) is 25.5 Å². The predicted octanol–water partition coefficient (Wildman–Crippen LogP) is 3.77. The number of fused-ring (bicyclic) bond motifs is 2. The number of aromatic nitrogens is 2. The first kappa shape index (κ1) is 18.0. The van der Waals surface area contributed by atoms with Gasteiger partial charge in [-0.3, -0.25) is 4.79 Å². The van der Waals surface area contributed by atoms with Crippen LogP contribution in [-0.2, 0) is 16.8 Å². The lowest BCUT2D eigenvalue weighted by atomic mass is 9.80. The number of amides is 1. The Labute approximate surface area is 170 Å². The van der Waals surface area contributed by atoms with Crippen LogP contribution < -0.4 is 0 Å². The third-order valence-corrected chi connectivity index (χ3v) is 6.03. The Morgan fingerprint density at radius 1 is 1.03 bits per heavy atom. The second-order valence-electron chi connectivity index (χ2n) is 7.94. The Morgan fingerprint density at radius 3 is 2.52 bits per heavy atom. The van der Waals surface area contributed by atoms with E-state index < -0.39 is 0 Å². The number of likely N-dealkylation sites (tertiary alicyclic amines) is 1. The predicted molar refractivity (Wildman–Crippen MR) is 111 cm³/mol. The van der Waals surface area contributed by atoms with Crippen LogP contribution in [0.5, 0.6) is 0 Å². The highest BCUT2D eigenvalue weighted by Gasteiger charge is 2.46. The summed E-state index contributed by atoms with van der Waals surface area (Å²) in [6.45, 7) is 4.48. The van der Waals surface area contributed by atoms with Crippen molar-refractivity contribution in [1.29, 1.82) is 0 Å². The first-order chi connectivity index (χ1) is 14.2. The average Bonchev–Trinajstić information content (AvgIpc) is 3.20. The lowest BCUT2D eigenvalue weighted by molar-refractivity contribution is 0.0481. The normalized spacial score (nSPS) is 20.7. The number of benzene rings is 2. The molecule has 1 aromatic heterocycles. The van der Waals surface area contributed by atoms with Gasteiger partial charge in [0.1, 0.15) is 0 Å². The van der Waals surface area contributed by atoms with Gasteiger partial charge in [-0.15, -0.1) is 0 Å². The second kappa shape index (κ2) is 7.08. The van der Waals surface area contributed by atoms with E-state index in [9.17, 15) is 4.79 Å². The van der Waals surface area contributed by atoms with Crippen LogP contribution in [0, 0.1) is 6.92 Å². The minimum absolute atomic E-state index is 0.0728. The van der Waals surface area contributed by atoms with Crippen LogP contribution in [0.1, 0.15) is 33.7 Å². The summed E-state index contributed by atoms with van der Waals surface area (Å²) in [5.41, 5.74) is 4.56. The van der Waals surface area contributed by atoms with Gasteiger partial charge >= 0.3 is 0 Å². The molecule has 1 spiro atoms. The second-order valence-corrected chi connectivity index (χ2v) is 7.94. The van der Waals surface area contributed by atoms with E-state index in [1.54, 1.807) is 0 Å². The molecule has 5 rings (SSSR count). The average molecular weight is 385 g/mol. The molecule has 1 atom stereocenters. The van der Waals surface area contributed by atoms with Crippen molar-refractivity contribution in [2.75, 3.05) is 19.7 Å². The highest BCUT2D eigenvalue weighted by Crippen LogP contribution is 2.40. The molecule has 3 heterocycles. The van der Waals surface area contributed by atoms with E-state index >= 15 is 0 Å². The molecule has 1 saturated heterocycles. The minimum atomic E-state index is -0.269. The number of hydrogen-bond donors (Lipinski definition) is 0. The summed E-state index contributed by atoms with van der Waals surface area (Å²) < 4.78 is 5.98. The Bertz CT molecular complexity index is 1050. The Kier molecular flexibility index (Phi) is 4.40. The highest BCUT2D eigenvalue weighted by molar-refractivity contribution is 5.94. The fourth-order valence-corrected chi connectivity index (χ4v) is 4.46.